The van der Waals surface area contributed by atoms with Gasteiger partial charge in [0.15, 0.2) is 10.8 Å². The average molecular weight is 347 g/mol. The van der Waals surface area contributed by atoms with Gasteiger partial charge in [0.2, 0.25) is 0 Å². The van der Waals surface area contributed by atoms with E-state index in [4.69, 9.17) is 4.99 Å². The first-order valence-corrected chi connectivity index (χ1v) is 9.14. The second-order valence-corrected chi connectivity index (χ2v) is 7.08. The van der Waals surface area contributed by atoms with Gasteiger partial charge >= 0.3 is 0 Å². The molecule has 0 atom stereocenters. The Labute approximate surface area is 145 Å². The molecule has 0 saturated carbocycles. The first kappa shape index (κ1) is 17.6. The second-order valence-electron chi connectivity index (χ2n) is 5.36. The molecule has 0 radical (unpaired) electrons. The second kappa shape index (κ2) is 7.66. The van der Waals surface area contributed by atoms with E-state index in [1.54, 1.807) is 29.0 Å². The van der Waals surface area contributed by atoms with Crippen molar-refractivity contribution in [2.24, 2.45) is 9.98 Å². The van der Waals surface area contributed by atoms with E-state index in [9.17, 15) is 0 Å². The van der Waals surface area contributed by atoms with Gasteiger partial charge in [-0.3, -0.25) is 0 Å². The molecule has 0 aliphatic rings. The zero-order valence-corrected chi connectivity index (χ0v) is 16.0. The van der Waals surface area contributed by atoms with Gasteiger partial charge in [-0.25, -0.2) is 15.0 Å². The maximum Gasteiger partial charge on any atom is 0.191 e. The fourth-order valence-corrected chi connectivity index (χ4v) is 3.40. The molecular formula is C17H22N4S2. The van der Waals surface area contributed by atoms with Crippen molar-refractivity contribution in [3.8, 4) is 0 Å². The number of aromatic nitrogens is 1. The molecule has 2 aromatic rings. The van der Waals surface area contributed by atoms with Crippen molar-refractivity contribution in [1.82, 2.24) is 9.88 Å². The van der Waals surface area contributed by atoms with Crippen LogP contribution in [0.25, 0.3) is 0 Å². The molecule has 0 unspecified atom stereocenters. The Kier molecular flexibility index (Phi) is 5.85. The molecule has 2 aromatic heterocycles. The number of thiazole rings is 1. The molecule has 122 valence electrons. The van der Waals surface area contributed by atoms with Gasteiger partial charge in [-0.2, -0.15) is 0 Å². The largest absolute Gasteiger partial charge is 0.340 e. The molecule has 0 N–H and O–H groups in total. The molecule has 0 aliphatic carbocycles. The maximum atomic E-state index is 4.76. The van der Waals surface area contributed by atoms with Crippen LogP contribution in [0.3, 0.4) is 0 Å². The molecule has 0 amide bonds. The summed E-state index contributed by atoms with van der Waals surface area (Å²) in [5.41, 5.74) is 4.58. The van der Waals surface area contributed by atoms with Crippen LogP contribution in [0.1, 0.15) is 35.7 Å². The number of thiophene rings is 1. The monoisotopic (exact) mass is 346 g/mol. The summed E-state index contributed by atoms with van der Waals surface area (Å²) in [7, 11) is 1.98. The number of hydrogen-bond acceptors (Lipinski definition) is 4. The molecule has 23 heavy (non-hydrogen) atoms. The van der Waals surface area contributed by atoms with E-state index in [-0.39, 0.29) is 0 Å². The lowest BCUT2D eigenvalue weighted by atomic mass is 10.2. The van der Waals surface area contributed by atoms with E-state index in [0.717, 1.165) is 21.4 Å². The summed E-state index contributed by atoms with van der Waals surface area (Å²) in [4.78, 5) is 15.9. The zero-order valence-electron chi connectivity index (χ0n) is 14.4. The van der Waals surface area contributed by atoms with E-state index in [1.165, 1.54) is 11.1 Å². The number of amidine groups is 1. The van der Waals surface area contributed by atoms with Crippen LogP contribution < -0.4 is 0 Å². The molecule has 6 heteroatoms. The van der Waals surface area contributed by atoms with Crippen molar-refractivity contribution in [3.05, 3.63) is 44.4 Å². The van der Waals surface area contributed by atoms with E-state index < -0.39 is 0 Å². The highest BCUT2D eigenvalue weighted by atomic mass is 32.1. The summed E-state index contributed by atoms with van der Waals surface area (Å²) >= 11 is 3.21. The van der Waals surface area contributed by atoms with Gasteiger partial charge in [-0.05, 0) is 51.1 Å². The van der Waals surface area contributed by atoms with Crippen LogP contribution >= 0.6 is 22.7 Å². The molecule has 0 fully saturated rings. The van der Waals surface area contributed by atoms with Crippen molar-refractivity contribution >= 4 is 39.8 Å². The molecule has 2 heterocycles. The Hall–Kier alpha value is -1.79. The minimum Gasteiger partial charge on any atom is -0.340 e. The standard InChI is InChI=1S/C17H22N4S2/c1-7-13(4)21(6)10-18-15(17-19-12(3)9-23-17)20-16-14(5)11(2)8-22-16/h7-10H,1-6H3/b13-7+,18-10?,20-15-. The topological polar surface area (TPSA) is 40.9 Å². The van der Waals surface area contributed by atoms with Crippen molar-refractivity contribution in [1.29, 1.82) is 0 Å². The number of rotatable bonds is 4. The number of nitrogens with zero attached hydrogens (tertiary/aromatic N) is 4. The van der Waals surface area contributed by atoms with Crippen molar-refractivity contribution in [2.45, 2.75) is 34.6 Å². The summed E-state index contributed by atoms with van der Waals surface area (Å²) in [5, 5.41) is 5.98. The molecule has 0 bridgehead atoms. The minimum atomic E-state index is 0.656. The summed E-state index contributed by atoms with van der Waals surface area (Å²) in [6, 6.07) is 0. The molecule has 0 saturated heterocycles. The van der Waals surface area contributed by atoms with E-state index >= 15 is 0 Å². The Morgan fingerprint density at radius 1 is 1.22 bits per heavy atom. The lowest BCUT2D eigenvalue weighted by molar-refractivity contribution is 0.645. The van der Waals surface area contributed by atoms with Crippen LogP contribution in [0.2, 0.25) is 0 Å². The third kappa shape index (κ3) is 4.36. The van der Waals surface area contributed by atoms with Crippen LogP contribution in [0.5, 0.6) is 0 Å². The van der Waals surface area contributed by atoms with Gasteiger partial charge in [0, 0.05) is 23.8 Å². The van der Waals surface area contributed by atoms with Gasteiger partial charge in [-0.15, -0.1) is 22.7 Å². The number of aliphatic imine (C=N–C) groups is 2. The predicted molar refractivity (Wildman–Crippen MR) is 103 cm³/mol. The van der Waals surface area contributed by atoms with Gasteiger partial charge in [0.25, 0.3) is 0 Å². The summed E-state index contributed by atoms with van der Waals surface area (Å²) in [5.74, 6) is 0.656. The SMILES string of the molecule is C/C=C(\C)N(C)C=N/C(=N\c1scc(C)c1C)c1nc(C)cs1. The van der Waals surface area contributed by atoms with Crippen LogP contribution in [-0.4, -0.2) is 29.1 Å². The van der Waals surface area contributed by atoms with Gasteiger partial charge in [0.1, 0.15) is 5.00 Å². The van der Waals surface area contributed by atoms with Crippen LogP contribution in [0.4, 0.5) is 5.00 Å². The molecule has 0 spiro atoms. The fraction of sp³-hybridized carbons (Fsp3) is 0.353. The zero-order chi connectivity index (χ0) is 17.0. The maximum absolute atomic E-state index is 4.76. The highest BCUT2D eigenvalue weighted by molar-refractivity contribution is 7.14. The fourth-order valence-electron chi connectivity index (χ4n) is 1.72. The lowest BCUT2D eigenvalue weighted by Gasteiger charge is -2.12. The Morgan fingerprint density at radius 2 is 1.96 bits per heavy atom. The summed E-state index contributed by atoms with van der Waals surface area (Å²) < 4.78 is 0. The third-order valence-corrected chi connectivity index (χ3v) is 5.65. The van der Waals surface area contributed by atoms with Crippen molar-refractivity contribution < 1.29 is 0 Å². The molecule has 0 aliphatic heterocycles. The first-order valence-electron chi connectivity index (χ1n) is 7.38. The van der Waals surface area contributed by atoms with Crippen LogP contribution in [0, 0.1) is 20.8 Å². The first-order chi connectivity index (χ1) is 10.9. The Morgan fingerprint density at radius 3 is 2.48 bits per heavy atom. The van der Waals surface area contributed by atoms with Gasteiger partial charge in [0.05, 0.1) is 6.34 Å². The third-order valence-electron chi connectivity index (χ3n) is 3.60. The lowest BCUT2D eigenvalue weighted by Crippen LogP contribution is -2.14. The minimum absolute atomic E-state index is 0.656. The summed E-state index contributed by atoms with van der Waals surface area (Å²) in [6.45, 7) is 10.2. The molecule has 2 rings (SSSR count). The highest BCUT2D eigenvalue weighted by Gasteiger charge is 2.10. The predicted octanol–water partition coefficient (Wildman–Crippen LogP) is 5.09. The van der Waals surface area contributed by atoms with Crippen molar-refractivity contribution in [3.63, 3.8) is 0 Å². The van der Waals surface area contributed by atoms with E-state index in [0.29, 0.717) is 5.84 Å². The van der Waals surface area contributed by atoms with Crippen LogP contribution in [-0.2, 0) is 0 Å². The Bertz CT molecular complexity index is 765. The molecule has 0 aromatic carbocycles. The summed E-state index contributed by atoms with van der Waals surface area (Å²) in [6.07, 6.45) is 3.84. The Balaban J connectivity index is 2.41. The van der Waals surface area contributed by atoms with Crippen LogP contribution in [0.15, 0.2) is 32.5 Å². The number of hydrogen-bond donors (Lipinski definition) is 0. The molecular weight excluding hydrogens is 324 g/mol. The number of allylic oxidation sites excluding steroid dienone is 2. The van der Waals surface area contributed by atoms with E-state index in [1.807, 2.05) is 44.2 Å². The van der Waals surface area contributed by atoms with Gasteiger partial charge in [-0.1, -0.05) is 6.08 Å². The smallest absolute Gasteiger partial charge is 0.191 e. The van der Waals surface area contributed by atoms with Crippen molar-refractivity contribution in [2.75, 3.05) is 7.05 Å². The van der Waals surface area contributed by atoms with Gasteiger partial charge < -0.3 is 4.90 Å². The molecule has 4 nitrogen and oxygen atoms in total. The quantitative estimate of drug-likeness (QED) is 0.571. The normalized spacial score (nSPS) is 13.1. The average Bonchev–Trinajstić information content (AvgIpc) is 3.10. The van der Waals surface area contributed by atoms with E-state index in [2.05, 4.69) is 29.2 Å². The number of aryl methyl sites for hydroxylation is 2. The highest BCUT2D eigenvalue weighted by Crippen LogP contribution is 2.30.